The molecule has 3 nitrogen and oxygen atoms in total. The number of aliphatic hydroxyl groups is 1. The van der Waals surface area contributed by atoms with Crippen molar-refractivity contribution in [2.24, 2.45) is 0 Å². The van der Waals surface area contributed by atoms with E-state index in [0.717, 1.165) is 4.90 Å². The largest absolute Gasteiger partial charge is 0.384 e. The second-order valence-electron chi connectivity index (χ2n) is 2.90. The van der Waals surface area contributed by atoms with Crippen LogP contribution in [0.5, 0.6) is 0 Å². The average molecular weight is 211 g/mol. The first kappa shape index (κ1) is 11.1. The molecule has 76 valence electrons. The molecule has 0 aromatic heterocycles. The third kappa shape index (κ3) is 3.05. The van der Waals surface area contributed by atoms with Gasteiger partial charge in [0.1, 0.15) is 6.10 Å². The number of anilines is 1. The number of rotatable bonds is 3. The number of hydrogen-bond donors (Lipinski definition) is 2. The number of amides is 1. The molecule has 14 heavy (non-hydrogen) atoms. The molecular weight excluding hydrogens is 198 g/mol. The Balaban J connectivity index is 2.72. The number of carbonyl (C=O) groups is 1. The smallest absolute Gasteiger partial charge is 0.252 e. The van der Waals surface area contributed by atoms with Crippen molar-refractivity contribution in [1.82, 2.24) is 0 Å². The van der Waals surface area contributed by atoms with Crippen LogP contribution in [0.1, 0.15) is 6.92 Å². The summed E-state index contributed by atoms with van der Waals surface area (Å²) in [6.45, 7) is 1.44. The first-order valence-electron chi connectivity index (χ1n) is 4.26. The molecule has 0 fully saturated rings. The van der Waals surface area contributed by atoms with Gasteiger partial charge in [0.25, 0.3) is 5.91 Å². The summed E-state index contributed by atoms with van der Waals surface area (Å²) in [7, 11) is 0. The van der Waals surface area contributed by atoms with Gasteiger partial charge in [0.15, 0.2) is 0 Å². The van der Waals surface area contributed by atoms with Crippen LogP contribution >= 0.6 is 11.8 Å². The van der Waals surface area contributed by atoms with Crippen molar-refractivity contribution in [3.8, 4) is 0 Å². The molecule has 4 heteroatoms. The summed E-state index contributed by atoms with van der Waals surface area (Å²) in [6, 6.07) is 7.48. The Morgan fingerprint density at radius 3 is 2.86 bits per heavy atom. The summed E-state index contributed by atoms with van der Waals surface area (Å²) in [4.78, 5) is 12.2. The van der Waals surface area contributed by atoms with E-state index >= 15 is 0 Å². The number of aliphatic hydroxyl groups excluding tert-OH is 1. The molecule has 0 aliphatic carbocycles. The maximum Gasteiger partial charge on any atom is 0.252 e. The van der Waals surface area contributed by atoms with Gasteiger partial charge in [-0.05, 0) is 31.4 Å². The number of benzene rings is 1. The monoisotopic (exact) mass is 211 g/mol. The highest BCUT2D eigenvalue weighted by Crippen LogP contribution is 2.18. The molecule has 1 atom stereocenters. The van der Waals surface area contributed by atoms with Crippen LogP contribution in [0.25, 0.3) is 0 Å². The number of nitrogens with one attached hydrogen (secondary N) is 1. The Bertz CT molecular complexity index is 326. The molecule has 1 amide bonds. The van der Waals surface area contributed by atoms with Gasteiger partial charge in [-0.3, -0.25) is 4.79 Å². The van der Waals surface area contributed by atoms with E-state index in [2.05, 4.69) is 5.32 Å². The van der Waals surface area contributed by atoms with Gasteiger partial charge in [0.05, 0.1) is 0 Å². The maximum atomic E-state index is 11.1. The average Bonchev–Trinajstić information content (AvgIpc) is 2.18. The first-order chi connectivity index (χ1) is 6.63. The first-order valence-corrected chi connectivity index (χ1v) is 5.49. The number of hydrogen-bond acceptors (Lipinski definition) is 3. The van der Waals surface area contributed by atoms with E-state index in [4.69, 9.17) is 5.11 Å². The van der Waals surface area contributed by atoms with Crippen LogP contribution in [0.2, 0.25) is 0 Å². The van der Waals surface area contributed by atoms with Crippen LogP contribution < -0.4 is 5.32 Å². The van der Waals surface area contributed by atoms with Gasteiger partial charge in [0, 0.05) is 10.6 Å². The van der Waals surface area contributed by atoms with E-state index in [1.807, 2.05) is 24.5 Å². The lowest BCUT2D eigenvalue weighted by Crippen LogP contribution is -2.24. The number of carbonyl (C=O) groups excluding carboxylic acids is 1. The van der Waals surface area contributed by atoms with Gasteiger partial charge >= 0.3 is 0 Å². The second kappa shape index (κ2) is 5.02. The molecule has 1 unspecified atom stereocenters. The molecule has 0 bridgehead atoms. The van der Waals surface area contributed by atoms with E-state index in [-0.39, 0.29) is 5.91 Å². The minimum absolute atomic E-state index is 0.386. The standard InChI is InChI=1S/C10H13NO2S/c1-7(12)10(13)11-8-4-3-5-9(6-8)14-2/h3-7,12H,1-2H3,(H,11,13). The quantitative estimate of drug-likeness (QED) is 0.748. The lowest BCUT2D eigenvalue weighted by atomic mass is 10.3. The fourth-order valence-corrected chi connectivity index (χ4v) is 1.41. The summed E-state index contributed by atoms with van der Waals surface area (Å²) in [5, 5.41) is 11.6. The van der Waals surface area contributed by atoms with Crippen molar-refractivity contribution in [1.29, 1.82) is 0 Å². The zero-order chi connectivity index (χ0) is 10.6. The Labute approximate surface area is 87.5 Å². The Morgan fingerprint density at radius 2 is 2.29 bits per heavy atom. The van der Waals surface area contributed by atoms with E-state index in [1.54, 1.807) is 17.8 Å². The summed E-state index contributed by atoms with van der Waals surface area (Å²) < 4.78 is 0. The minimum Gasteiger partial charge on any atom is -0.384 e. The van der Waals surface area contributed by atoms with Gasteiger partial charge in [-0.1, -0.05) is 6.07 Å². The van der Waals surface area contributed by atoms with Crippen LogP contribution in [0.15, 0.2) is 29.2 Å². The molecule has 0 saturated carbocycles. The van der Waals surface area contributed by atoms with E-state index in [9.17, 15) is 4.79 Å². The van der Waals surface area contributed by atoms with Crippen LogP contribution in [0.3, 0.4) is 0 Å². The van der Waals surface area contributed by atoms with Crippen LogP contribution in [-0.2, 0) is 4.79 Å². The molecule has 2 N–H and O–H groups in total. The topological polar surface area (TPSA) is 49.3 Å². The van der Waals surface area contributed by atoms with Crippen LogP contribution in [0.4, 0.5) is 5.69 Å². The van der Waals surface area contributed by atoms with Gasteiger partial charge in [-0.15, -0.1) is 11.8 Å². The molecule has 1 rings (SSSR count). The molecule has 0 spiro atoms. The minimum atomic E-state index is -0.979. The van der Waals surface area contributed by atoms with E-state index in [0.29, 0.717) is 5.69 Å². The van der Waals surface area contributed by atoms with Crippen LogP contribution in [-0.4, -0.2) is 23.4 Å². The van der Waals surface area contributed by atoms with Gasteiger partial charge in [-0.25, -0.2) is 0 Å². The molecule has 0 radical (unpaired) electrons. The van der Waals surface area contributed by atoms with Gasteiger partial charge in [-0.2, -0.15) is 0 Å². The maximum absolute atomic E-state index is 11.1. The van der Waals surface area contributed by atoms with Gasteiger partial charge < -0.3 is 10.4 Å². The van der Waals surface area contributed by atoms with Crippen molar-refractivity contribution >= 4 is 23.4 Å². The summed E-state index contributed by atoms with van der Waals surface area (Å²) in [5.41, 5.74) is 0.711. The molecule has 1 aromatic rings. The Hall–Kier alpha value is -1.00. The van der Waals surface area contributed by atoms with E-state index < -0.39 is 6.10 Å². The highest BCUT2D eigenvalue weighted by molar-refractivity contribution is 7.98. The predicted molar refractivity (Wildman–Crippen MR) is 58.5 cm³/mol. The molecule has 0 aliphatic heterocycles. The summed E-state index contributed by atoms with van der Waals surface area (Å²) >= 11 is 1.60. The lowest BCUT2D eigenvalue weighted by Gasteiger charge is -2.07. The lowest BCUT2D eigenvalue weighted by molar-refractivity contribution is -0.123. The summed E-state index contributed by atoms with van der Waals surface area (Å²) in [5.74, 6) is -0.386. The van der Waals surface area contributed by atoms with Crippen molar-refractivity contribution in [3.05, 3.63) is 24.3 Å². The SMILES string of the molecule is CSc1cccc(NC(=O)C(C)O)c1. The molecule has 0 aliphatic rings. The predicted octanol–water partition coefficient (Wildman–Crippen LogP) is 1.73. The van der Waals surface area contributed by atoms with E-state index in [1.165, 1.54) is 6.92 Å². The highest BCUT2D eigenvalue weighted by atomic mass is 32.2. The van der Waals surface area contributed by atoms with Crippen molar-refractivity contribution in [2.75, 3.05) is 11.6 Å². The highest BCUT2D eigenvalue weighted by Gasteiger charge is 2.08. The summed E-state index contributed by atoms with van der Waals surface area (Å²) in [6.07, 6.45) is 0.989. The van der Waals surface area contributed by atoms with Crippen LogP contribution in [0, 0.1) is 0 Å². The van der Waals surface area contributed by atoms with Crippen molar-refractivity contribution < 1.29 is 9.90 Å². The van der Waals surface area contributed by atoms with Gasteiger partial charge in [0.2, 0.25) is 0 Å². The Morgan fingerprint density at radius 1 is 1.57 bits per heavy atom. The molecule has 0 heterocycles. The zero-order valence-electron chi connectivity index (χ0n) is 8.15. The third-order valence-electron chi connectivity index (χ3n) is 1.72. The molecular formula is C10H13NO2S. The fraction of sp³-hybridized carbons (Fsp3) is 0.300. The second-order valence-corrected chi connectivity index (χ2v) is 3.78. The molecule has 0 saturated heterocycles. The van der Waals surface area contributed by atoms with Crippen molar-refractivity contribution in [3.63, 3.8) is 0 Å². The molecule has 1 aromatic carbocycles. The van der Waals surface area contributed by atoms with Crippen molar-refractivity contribution in [2.45, 2.75) is 17.9 Å². The zero-order valence-corrected chi connectivity index (χ0v) is 8.97. The number of thioether (sulfide) groups is 1. The third-order valence-corrected chi connectivity index (χ3v) is 2.44. The normalized spacial score (nSPS) is 12.2. The fourth-order valence-electron chi connectivity index (χ4n) is 0.948. The Kier molecular flexibility index (Phi) is 3.98.